The summed E-state index contributed by atoms with van der Waals surface area (Å²) in [5.74, 6) is 1.23. The number of hydrogen-bond acceptors (Lipinski definition) is 5. The molecular weight excluding hydrogens is 310 g/mol. The number of amides is 1. The fourth-order valence-electron chi connectivity index (χ4n) is 2.48. The van der Waals surface area contributed by atoms with Crippen LogP contribution in [0.1, 0.15) is 12.1 Å². The second-order valence-electron chi connectivity index (χ2n) is 5.46. The van der Waals surface area contributed by atoms with Crippen LogP contribution in [0.5, 0.6) is 5.88 Å². The van der Waals surface area contributed by atoms with Crippen LogP contribution in [0.3, 0.4) is 0 Å². The predicted octanol–water partition coefficient (Wildman–Crippen LogP) is 2.56. The highest BCUT2D eigenvalue weighted by molar-refractivity contribution is 8.00. The van der Waals surface area contributed by atoms with Gasteiger partial charge in [0.15, 0.2) is 0 Å². The minimum Gasteiger partial charge on any atom is -0.472 e. The molecule has 5 nitrogen and oxygen atoms in total. The van der Waals surface area contributed by atoms with Crippen LogP contribution in [0.4, 0.5) is 0 Å². The van der Waals surface area contributed by atoms with Crippen LogP contribution in [-0.2, 0) is 4.79 Å². The largest absolute Gasteiger partial charge is 0.472 e. The van der Waals surface area contributed by atoms with Gasteiger partial charge in [0.1, 0.15) is 6.10 Å². The van der Waals surface area contributed by atoms with E-state index in [0.717, 1.165) is 23.6 Å². The van der Waals surface area contributed by atoms with Crippen molar-refractivity contribution in [2.24, 2.45) is 0 Å². The third kappa shape index (κ3) is 4.45. The number of hydrogen-bond donors (Lipinski definition) is 0. The topological polar surface area (TPSA) is 55.3 Å². The summed E-state index contributed by atoms with van der Waals surface area (Å²) in [5.41, 5.74) is 0.933. The van der Waals surface area contributed by atoms with Crippen molar-refractivity contribution in [3.05, 3.63) is 48.4 Å². The summed E-state index contributed by atoms with van der Waals surface area (Å²) in [6, 6.07) is 9.56. The Morgan fingerprint density at radius 3 is 2.96 bits per heavy atom. The lowest BCUT2D eigenvalue weighted by Gasteiger charge is -2.17. The standard InChI is InChI=1S/C17H19N3O2S/c1-13-3-2-4-16(19-13)22-14-7-10-20(11-14)17(21)12-23-15-5-8-18-9-6-15/h2-6,8-9,14H,7,10-12H2,1H3. The first-order valence-electron chi connectivity index (χ1n) is 7.61. The summed E-state index contributed by atoms with van der Waals surface area (Å²) < 4.78 is 5.88. The highest BCUT2D eigenvalue weighted by Crippen LogP contribution is 2.20. The molecule has 0 saturated carbocycles. The molecule has 1 atom stereocenters. The van der Waals surface area contributed by atoms with E-state index >= 15 is 0 Å². The fraction of sp³-hybridized carbons (Fsp3) is 0.353. The zero-order valence-electron chi connectivity index (χ0n) is 13.0. The van der Waals surface area contributed by atoms with Crippen molar-refractivity contribution in [1.82, 2.24) is 14.9 Å². The SMILES string of the molecule is Cc1cccc(OC2CCN(C(=O)CSc3ccncc3)C2)n1. The number of ether oxygens (including phenoxy) is 1. The van der Waals surface area contributed by atoms with Crippen molar-refractivity contribution in [2.75, 3.05) is 18.8 Å². The zero-order chi connectivity index (χ0) is 16.1. The molecule has 2 aromatic heterocycles. The Labute approximate surface area is 140 Å². The van der Waals surface area contributed by atoms with Crippen LogP contribution in [-0.4, -0.2) is 45.7 Å². The molecule has 23 heavy (non-hydrogen) atoms. The lowest BCUT2D eigenvalue weighted by Crippen LogP contribution is -2.32. The average Bonchev–Trinajstić information content (AvgIpc) is 3.02. The van der Waals surface area contributed by atoms with Gasteiger partial charge in [-0.1, -0.05) is 6.07 Å². The van der Waals surface area contributed by atoms with Crippen LogP contribution in [0.2, 0.25) is 0 Å². The third-order valence-electron chi connectivity index (χ3n) is 3.66. The summed E-state index contributed by atoms with van der Waals surface area (Å²) in [4.78, 5) is 23.5. The Morgan fingerprint density at radius 2 is 2.17 bits per heavy atom. The number of thioether (sulfide) groups is 1. The first-order chi connectivity index (χ1) is 11.2. The molecule has 1 unspecified atom stereocenters. The van der Waals surface area contributed by atoms with Crippen LogP contribution < -0.4 is 4.74 Å². The fourth-order valence-corrected chi connectivity index (χ4v) is 3.26. The smallest absolute Gasteiger partial charge is 0.233 e. The second-order valence-corrected chi connectivity index (χ2v) is 6.51. The van der Waals surface area contributed by atoms with E-state index in [4.69, 9.17) is 4.74 Å². The minimum atomic E-state index is 0.0270. The number of aromatic nitrogens is 2. The molecule has 0 bridgehead atoms. The van der Waals surface area contributed by atoms with Crippen molar-refractivity contribution in [1.29, 1.82) is 0 Å². The molecule has 3 heterocycles. The molecule has 0 aromatic carbocycles. The van der Waals surface area contributed by atoms with Crippen molar-refractivity contribution in [2.45, 2.75) is 24.3 Å². The van der Waals surface area contributed by atoms with E-state index in [-0.39, 0.29) is 12.0 Å². The molecule has 3 rings (SSSR count). The first kappa shape index (κ1) is 15.8. The zero-order valence-corrected chi connectivity index (χ0v) is 13.8. The Bertz CT molecular complexity index is 666. The summed E-state index contributed by atoms with van der Waals surface area (Å²) in [6.07, 6.45) is 4.35. The van der Waals surface area contributed by atoms with Crippen LogP contribution in [0, 0.1) is 6.92 Å². The highest BCUT2D eigenvalue weighted by atomic mass is 32.2. The van der Waals surface area contributed by atoms with Crippen LogP contribution in [0.15, 0.2) is 47.6 Å². The molecular formula is C17H19N3O2S. The van der Waals surface area contributed by atoms with E-state index in [2.05, 4.69) is 9.97 Å². The average molecular weight is 329 g/mol. The minimum absolute atomic E-state index is 0.0270. The molecule has 1 aliphatic rings. The van der Waals surface area contributed by atoms with Crippen molar-refractivity contribution in [3.8, 4) is 5.88 Å². The van der Waals surface area contributed by atoms with E-state index in [1.165, 1.54) is 11.8 Å². The van der Waals surface area contributed by atoms with Gasteiger partial charge in [-0.15, -0.1) is 11.8 Å². The summed E-state index contributed by atoms with van der Waals surface area (Å²) in [5, 5.41) is 0. The number of aryl methyl sites for hydroxylation is 1. The van der Waals surface area contributed by atoms with E-state index < -0.39 is 0 Å². The van der Waals surface area contributed by atoms with Crippen LogP contribution in [0.25, 0.3) is 0 Å². The van der Waals surface area contributed by atoms with Gasteiger partial charge in [0.05, 0.1) is 12.3 Å². The number of nitrogens with zero attached hydrogens (tertiary/aromatic N) is 3. The number of carbonyl (C=O) groups is 1. The monoisotopic (exact) mass is 329 g/mol. The van der Waals surface area contributed by atoms with Gasteiger partial charge in [-0.3, -0.25) is 9.78 Å². The van der Waals surface area contributed by atoms with Crippen molar-refractivity contribution >= 4 is 17.7 Å². The lowest BCUT2D eigenvalue weighted by atomic mass is 10.3. The Balaban J connectivity index is 1.48. The molecule has 2 aromatic rings. The Morgan fingerprint density at radius 1 is 1.35 bits per heavy atom. The molecule has 0 N–H and O–H groups in total. The predicted molar refractivity (Wildman–Crippen MR) is 89.5 cm³/mol. The lowest BCUT2D eigenvalue weighted by molar-refractivity contribution is -0.127. The molecule has 1 aliphatic heterocycles. The molecule has 120 valence electrons. The van der Waals surface area contributed by atoms with Crippen molar-refractivity contribution < 1.29 is 9.53 Å². The summed E-state index contributed by atoms with van der Waals surface area (Å²) >= 11 is 1.54. The highest BCUT2D eigenvalue weighted by Gasteiger charge is 2.27. The second kappa shape index (κ2) is 7.46. The maximum atomic E-state index is 12.3. The first-order valence-corrected chi connectivity index (χ1v) is 8.60. The summed E-state index contributed by atoms with van der Waals surface area (Å²) in [7, 11) is 0. The molecule has 1 amide bonds. The number of rotatable bonds is 5. The normalized spacial score (nSPS) is 17.3. The van der Waals surface area contributed by atoms with E-state index in [1.807, 2.05) is 42.2 Å². The maximum Gasteiger partial charge on any atom is 0.233 e. The number of carbonyl (C=O) groups excluding carboxylic acids is 1. The molecule has 0 spiro atoms. The molecule has 6 heteroatoms. The van der Waals surface area contributed by atoms with Gasteiger partial charge in [-0.2, -0.15) is 0 Å². The molecule has 0 radical (unpaired) electrons. The van der Waals surface area contributed by atoms with Gasteiger partial charge in [0.2, 0.25) is 11.8 Å². The summed E-state index contributed by atoms with van der Waals surface area (Å²) in [6.45, 7) is 3.31. The quantitative estimate of drug-likeness (QED) is 0.789. The third-order valence-corrected chi connectivity index (χ3v) is 4.66. The number of likely N-dealkylation sites (tertiary alicyclic amines) is 1. The Kier molecular flexibility index (Phi) is 5.12. The van der Waals surface area contributed by atoms with Gasteiger partial charge in [0.25, 0.3) is 0 Å². The Hall–Kier alpha value is -2.08. The van der Waals surface area contributed by atoms with Gasteiger partial charge in [-0.05, 0) is 25.1 Å². The van der Waals surface area contributed by atoms with Gasteiger partial charge >= 0.3 is 0 Å². The van der Waals surface area contributed by atoms with E-state index in [1.54, 1.807) is 12.4 Å². The van der Waals surface area contributed by atoms with Crippen molar-refractivity contribution in [3.63, 3.8) is 0 Å². The molecule has 1 fully saturated rings. The molecule has 1 saturated heterocycles. The van der Waals surface area contributed by atoms with Gasteiger partial charge in [-0.25, -0.2) is 4.98 Å². The maximum absolute atomic E-state index is 12.3. The van der Waals surface area contributed by atoms with E-state index in [0.29, 0.717) is 18.2 Å². The van der Waals surface area contributed by atoms with Gasteiger partial charge < -0.3 is 9.64 Å². The number of pyridine rings is 2. The van der Waals surface area contributed by atoms with E-state index in [9.17, 15) is 4.79 Å². The van der Waals surface area contributed by atoms with Gasteiger partial charge in [0, 0.05) is 42.0 Å². The molecule has 0 aliphatic carbocycles. The van der Waals surface area contributed by atoms with Crippen LogP contribution >= 0.6 is 11.8 Å².